The van der Waals surface area contributed by atoms with Gasteiger partial charge >= 0.3 is 0 Å². The highest BCUT2D eigenvalue weighted by Crippen LogP contribution is 2.16. The summed E-state index contributed by atoms with van der Waals surface area (Å²) in [5, 5.41) is 19.3. The van der Waals surface area contributed by atoms with Crippen LogP contribution in [0.4, 0.5) is 0 Å². The molecule has 0 aliphatic rings. The molecule has 76 heavy (non-hydrogen) atoms. The first kappa shape index (κ1) is 71.0. The maximum atomic E-state index is 14.3. The number of aliphatic imine (C=N–C) groups is 1. The summed E-state index contributed by atoms with van der Waals surface area (Å²) in [5.74, 6) is -5.47. The summed E-state index contributed by atoms with van der Waals surface area (Å²) in [6, 6.07) is -6.67. The normalized spacial score (nSPS) is 14.0. The Morgan fingerprint density at radius 3 is 1.29 bits per heavy atom. The van der Waals surface area contributed by atoms with Gasteiger partial charge in [0.2, 0.25) is 47.3 Å². The molecule has 0 aromatic rings. The molecule has 0 rings (SSSR count). The highest BCUT2D eigenvalue weighted by molar-refractivity contribution is 5.97. The maximum Gasteiger partial charge on any atom is 0.243 e. The van der Waals surface area contributed by atoms with Gasteiger partial charge in [-0.25, -0.2) is 0 Å². The van der Waals surface area contributed by atoms with Crippen molar-refractivity contribution in [1.82, 2.24) is 37.2 Å². The number of nitrogens with one attached hydrogen (secondary N) is 7. The second-order valence-corrected chi connectivity index (χ2v) is 21.5. The van der Waals surface area contributed by atoms with E-state index in [1.54, 1.807) is 6.92 Å². The van der Waals surface area contributed by atoms with Gasteiger partial charge in [-0.3, -0.25) is 43.3 Å². The molecular weight excluding hydrogens is 971 g/mol. The second-order valence-electron chi connectivity index (χ2n) is 21.5. The molecule has 0 aliphatic carbocycles. The van der Waals surface area contributed by atoms with Crippen LogP contribution < -0.4 is 65.9 Å². The topological polar surface area (TPSA) is 363 Å². The molecule has 0 saturated carbocycles. The van der Waals surface area contributed by atoms with Crippen LogP contribution in [0.2, 0.25) is 0 Å². The number of hydrogen-bond acceptors (Lipinski definition) is 11. The number of primary amides is 1. The number of hydrogen-bond donors (Lipinski definition) is 12. The first-order valence-corrected chi connectivity index (χ1v) is 29.0. The van der Waals surface area contributed by atoms with Crippen molar-refractivity contribution in [3.05, 3.63) is 0 Å². The van der Waals surface area contributed by atoms with Gasteiger partial charge in [0.1, 0.15) is 36.3 Å². The molecule has 0 saturated heterocycles. The summed E-state index contributed by atoms with van der Waals surface area (Å²) in [6.07, 6.45) is 20.9. The molecule has 0 bridgehead atoms. The average molecular weight is 1080 g/mol. The zero-order chi connectivity index (χ0) is 57.3. The predicted molar refractivity (Wildman–Crippen MR) is 303 cm³/mol. The summed E-state index contributed by atoms with van der Waals surface area (Å²) in [7, 11) is 0. The van der Waals surface area contributed by atoms with Crippen molar-refractivity contribution in [2.45, 2.75) is 252 Å². The fourth-order valence-corrected chi connectivity index (χ4v) is 8.75. The van der Waals surface area contributed by atoms with Crippen molar-refractivity contribution >= 4 is 53.2 Å². The van der Waals surface area contributed by atoms with Crippen molar-refractivity contribution in [3.63, 3.8) is 0 Å². The van der Waals surface area contributed by atoms with E-state index in [0.717, 1.165) is 25.7 Å². The van der Waals surface area contributed by atoms with Crippen LogP contribution in [0.25, 0.3) is 0 Å². The molecule has 0 aromatic carbocycles. The van der Waals surface area contributed by atoms with E-state index in [2.05, 4.69) is 49.1 Å². The SMILES string of the molecule is CCCCCCCCCCCCCCCCC(=O)NCC(=O)N[C@@H](CC(C)C)C(=O)N[C@@H](CC(C)C)C(=O)N[C@@H](CCCCN)C(=O)N[C@@H](CCCN=C(N)N)C(=O)N[C@H](C(=O)N[C@@H](CCCCN)C(N)=O)[C@@H](C)CC. The molecule has 0 unspecified atom stereocenters. The molecule has 0 heterocycles. The highest BCUT2D eigenvalue weighted by Gasteiger charge is 2.35. The smallest absolute Gasteiger partial charge is 0.243 e. The van der Waals surface area contributed by atoms with E-state index in [1.807, 2.05) is 34.6 Å². The Balaban J connectivity index is 5.98. The largest absolute Gasteiger partial charge is 0.370 e. The molecule has 0 aromatic heterocycles. The standard InChI is InChI=1S/C55H107N13O8/c1-8-10-11-12-13-14-15-16-17-18-19-20-21-22-31-46(69)62-37-47(70)63-44(35-38(3)4)52(74)67-45(36-39(5)6)53(75)66-42(29-24-26-33-57)50(72)65-43(30-27-34-61-55(59)60)51(73)68-48(40(7)9-2)54(76)64-41(49(58)71)28-23-25-32-56/h38-45,48H,8-37,56-57H2,1-7H3,(H2,58,71)(H,62,69)(H,63,70)(H,64,76)(H,65,72)(H,66,75)(H,67,74)(H,68,73)(H4,59,60,61)/t40-,41-,42-,43-,44-,45-,48-/m0/s1. The molecule has 0 aliphatic heterocycles. The second kappa shape index (κ2) is 44.0. The number of amides is 8. The van der Waals surface area contributed by atoms with E-state index in [0.29, 0.717) is 51.6 Å². The molecule has 21 heteroatoms. The van der Waals surface area contributed by atoms with E-state index < -0.39 is 83.5 Å². The third-order valence-corrected chi connectivity index (χ3v) is 13.5. The molecular formula is C55H107N13O8. The van der Waals surface area contributed by atoms with E-state index in [1.165, 1.54) is 64.2 Å². The molecule has 17 N–H and O–H groups in total. The third-order valence-electron chi connectivity index (χ3n) is 13.5. The first-order chi connectivity index (χ1) is 36.2. The quantitative estimate of drug-likeness (QED) is 0.0235. The molecule has 7 atom stereocenters. The molecule has 8 amide bonds. The van der Waals surface area contributed by atoms with Crippen molar-refractivity contribution in [3.8, 4) is 0 Å². The van der Waals surface area contributed by atoms with Crippen molar-refractivity contribution < 1.29 is 38.4 Å². The fraction of sp³-hybridized carbons (Fsp3) is 0.836. The van der Waals surface area contributed by atoms with E-state index in [9.17, 15) is 38.4 Å². The van der Waals surface area contributed by atoms with Crippen LogP contribution in [0.5, 0.6) is 0 Å². The van der Waals surface area contributed by atoms with Gasteiger partial charge in [-0.05, 0) is 101 Å². The van der Waals surface area contributed by atoms with Crippen molar-refractivity contribution in [1.29, 1.82) is 0 Å². The number of nitrogens with two attached hydrogens (primary N) is 5. The number of guanidine groups is 1. The van der Waals surface area contributed by atoms with Crippen LogP contribution in [0.3, 0.4) is 0 Å². The van der Waals surface area contributed by atoms with E-state index >= 15 is 0 Å². The Hall–Kier alpha value is -5.05. The lowest BCUT2D eigenvalue weighted by Crippen LogP contribution is -2.60. The van der Waals surface area contributed by atoms with Crippen LogP contribution in [-0.2, 0) is 38.4 Å². The minimum absolute atomic E-state index is 0.0306. The Kier molecular flexibility index (Phi) is 41.1. The van der Waals surface area contributed by atoms with Gasteiger partial charge in [0.25, 0.3) is 0 Å². The van der Waals surface area contributed by atoms with Crippen LogP contribution in [0.15, 0.2) is 4.99 Å². The van der Waals surface area contributed by atoms with Crippen LogP contribution in [0.1, 0.15) is 215 Å². The summed E-state index contributed by atoms with van der Waals surface area (Å²) >= 11 is 0. The molecule has 0 spiro atoms. The van der Waals surface area contributed by atoms with Crippen LogP contribution in [0, 0.1) is 17.8 Å². The van der Waals surface area contributed by atoms with Crippen molar-refractivity contribution in [2.24, 2.45) is 51.4 Å². The lowest BCUT2D eigenvalue weighted by Gasteiger charge is -2.29. The van der Waals surface area contributed by atoms with Crippen molar-refractivity contribution in [2.75, 3.05) is 26.2 Å². The first-order valence-electron chi connectivity index (χ1n) is 29.0. The summed E-state index contributed by atoms with van der Waals surface area (Å²) in [5.41, 5.74) is 28.1. The van der Waals surface area contributed by atoms with Gasteiger partial charge in [-0.15, -0.1) is 0 Å². The number of carbonyl (C=O) groups excluding carboxylic acids is 8. The van der Waals surface area contributed by atoms with E-state index in [4.69, 9.17) is 28.7 Å². The zero-order valence-corrected chi connectivity index (χ0v) is 48.0. The summed E-state index contributed by atoms with van der Waals surface area (Å²) in [6.45, 7) is 13.9. The van der Waals surface area contributed by atoms with Gasteiger partial charge in [0, 0.05) is 13.0 Å². The monoisotopic (exact) mass is 1080 g/mol. The number of unbranched alkanes of at least 4 members (excludes halogenated alkanes) is 15. The lowest BCUT2D eigenvalue weighted by atomic mass is 9.96. The van der Waals surface area contributed by atoms with Crippen LogP contribution >= 0.6 is 0 Å². The number of rotatable bonds is 47. The molecule has 21 nitrogen and oxygen atoms in total. The zero-order valence-electron chi connectivity index (χ0n) is 48.0. The maximum absolute atomic E-state index is 14.3. The predicted octanol–water partition coefficient (Wildman–Crippen LogP) is 3.82. The van der Waals surface area contributed by atoms with Gasteiger partial charge < -0.3 is 65.9 Å². The third kappa shape index (κ3) is 35.3. The minimum atomic E-state index is -1.23. The van der Waals surface area contributed by atoms with E-state index in [-0.39, 0.29) is 75.3 Å². The van der Waals surface area contributed by atoms with Gasteiger partial charge in [-0.1, -0.05) is 138 Å². The minimum Gasteiger partial charge on any atom is -0.370 e. The lowest BCUT2D eigenvalue weighted by molar-refractivity contribution is -0.136. The Morgan fingerprint density at radius 1 is 0.434 bits per heavy atom. The number of nitrogens with zero attached hydrogens (tertiary/aromatic N) is 1. The Bertz CT molecular complexity index is 1700. The molecule has 440 valence electrons. The molecule has 0 radical (unpaired) electrons. The summed E-state index contributed by atoms with van der Waals surface area (Å²) < 4.78 is 0. The highest BCUT2D eigenvalue weighted by atomic mass is 16.2. The average Bonchev–Trinajstić information content (AvgIpc) is 3.36. The Labute approximate surface area is 456 Å². The fourth-order valence-electron chi connectivity index (χ4n) is 8.75. The van der Waals surface area contributed by atoms with Gasteiger partial charge in [-0.2, -0.15) is 0 Å². The van der Waals surface area contributed by atoms with Gasteiger partial charge in [0.05, 0.1) is 6.54 Å². The summed E-state index contributed by atoms with van der Waals surface area (Å²) in [4.78, 5) is 112. The van der Waals surface area contributed by atoms with Gasteiger partial charge in [0.15, 0.2) is 5.96 Å². The van der Waals surface area contributed by atoms with Crippen LogP contribution in [-0.4, -0.2) is 116 Å². The number of carbonyl (C=O) groups is 8. The molecule has 0 fully saturated rings. The Morgan fingerprint density at radius 2 is 0.842 bits per heavy atom.